The summed E-state index contributed by atoms with van der Waals surface area (Å²) >= 11 is 5.99. The topological polar surface area (TPSA) is 53.2 Å². The minimum Gasteiger partial charge on any atom is -0.381 e. The van der Waals surface area contributed by atoms with Crippen molar-refractivity contribution in [3.63, 3.8) is 0 Å². The summed E-state index contributed by atoms with van der Waals surface area (Å²) in [6.07, 6.45) is 1.10. The molecule has 2 rings (SSSR count). The molecule has 0 aromatic heterocycles. The number of hydrogen-bond donors (Lipinski definition) is 3. The van der Waals surface area contributed by atoms with Crippen LogP contribution in [0, 0.1) is 0 Å². The van der Waals surface area contributed by atoms with Gasteiger partial charge in [0.15, 0.2) is 0 Å². The van der Waals surface area contributed by atoms with E-state index in [4.69, 9.17) is 11.6 Å². The fourth-order valence-corrected chi connectivity index (χ4v) is 2.14. The van der Waals surface area contributed by atoms with Crippen LogP contribution in [0.3, 0.4) is 0 Å². The molecule has 1 unspecified atom stereocenters. The van der Waals surface area contributed by atoms with E-state index in [0.29, 0.717) is 16.6 Å². The van der Waals surface area contributed by atoms with E-state index in [-0.39, 0.29) is 5.91 Å². The average Bonchev–Trinajstić information content (AvgIpc) is 2.83. The lowest BCUT2D eigenvalue weighted by Crippen LogP contribution is -2.23. The number of anilines is 1. The van der Waals surface area contributed by atoms with Crippen LogP contribution in [0.25, 0.3) is 0 Å². The summed E-state index contributed by atoms with van der Waals surface area (Å²) < 4.78 is 0. The molecule has 1 aromatic rings. The van der Waals surface area contributed by atoms with Gasteiger partial charge in [-0.3, -0.25) is 4.79 Å². The van der Waals surface area contributed by atoms with Gasteiger partial charge in [-0.15, -0.1) is 0 Å². The predicted octanol–water partition coefficient (Wildman–Crippen LogP) is 1.47. The van der Waals surface area contributed by atoms with Crippen molar-refractivity contribution in [2.45, 2.75) is 12.5 Å². The molecule has 1 atom stereocenters. The molecule has 1 fully saturated rings. The molecule has 1 amide bonds. The van der Waals surface area contributed by atoms with E-state index < -0.39 is 0 Å². The van der Waals surface area contributed by atoms with Crippen LogP contribution in [-0.4, -0.2) is 32.1 Å². The van der Waals surface area contributed by atoms with E-state index in [0.717, 1.165) is 25.2 Å². The average molecular weight is 254 g/mol. The zero-order valence-electron chi connectivity index (χ0n) is 9.72. The minimum absolute atomic E-state index is 0.164. The predicted molar refractivity (Wildman–Crippen MR) is 69.7 cm³/mol. The molecule has 92 valence electrons. The lowest BCUT2D eigenvalue weighted by Gasteiger charge is -2.14. The molecule has 1 aliphatic rings. The van der Waals surface area contributed by atoms with Crippen molar-refractivity contribution in [3.05, 3.63) is 28.8 Å². The molecule has 17 heavy (non-hydrogen) atoms. The molecule has 1 heterocycles. The van der Waals surface area contributed by atoms with Gasteiger partial charge in [0.2, 0.25) is 0 Å². The third-order valence-corrected chi connectivity index (χ3v) is 3.20. The van der Waals surface area contributed by atoms with Crippen molar-refractivity contribution < 1.29 is 4.79 Å². The third-order valence-electron chi connectivity index (χ3n) is 2.87. The van der Waals surface area contributed by atoms with Crippen molar-refractivity contribution in [2.75, 3.05) is 25.5 Å². The molecular weight excluding hydrogens is 238 g/mol. The van der Waals surface area contributed by atoms with E-state index in [1.54, 1.807) is 19.2 Å². The zero-order chi connectivity index (χ0) is 12.3. The number of hydrogen-bond acceptors (Lipinski definition) is 3. The van der Waals surface area contributed by atoms with Crippen LogP contribution in [0.4, 0.5) is 5.69 Å². The Morgan fingerprint density at radius 2 is 2.35 bits per heavy atom. The standard InChI is InChI=1S/C12H16ClN3O/c1-14-12(17)10-6-8(2-3-11(10)13)16-9-4-5-15-7-9/h2-3,6,9,15-16H,4-5,7H2,1H3,(H,14,17). The molecule has 0 spiro atoms. The van der Waals surface area contributed by atoms with Gasteiger partial charge in [-0.25, -0.2) is 0 Å². The van der Waals surface area contributed by atoms with Crippen molar-refractivity contribution in [2.24, 2.45) is 0 Å². The maximum Gasteiger partial charge on any atom is 0.252 e. The molecule has 1 aromatic carbocycles. The number of rotatable bonds is 3. The highest BCUT2D eigenvalue weighted by atomic mass is 35.5. The van der Waals surface area contributed by atoms with Gasteiger partial charge in [-0.05, 0) is 31.2 Å². The first-order valence-electron chi connectivity index (χ1n) is 5.69. The van der Waals surface area contributed by atoms with Crippen molar-refractivity contribution in [1.29, 1.82) is 0 Å². The Labute approximate surface area is 106 Å². The Balaban J connectivity index is 2.15. The molecule has 4 nitrogen and oxygen atoms in total. The molecule has 1 aliphatic heterocycles. The summed E-state index contributed by atoms with van der Waals surface area (Å²) in [5.41, 5.74) is 1.44. The number of carbonyl (C=O) groups is 1. The molecular formula is C12H16ClN3O. The smallest absolute Gasteiger partial charge is 0.252 e. The summed E-state index contributed by atoms with van der Waals surface area (Å²) in [7, 11) is 1.60. The van der Waals surface area contributed by atoms with Crippen LogP contribution in [0.1, 0.15) is 16.8 Å². The second-order valence-corrected chi connectivity index (χ2v) is 4.52. The SMILES string of the molecule is CNC(=O)c1cc(NC2CCNC2)ccc1Cl. The van der Waals surface area contributed by atoms with Gasteiger partial charge in [0.05, 0.1) is 10.6 Å². The van der Waals surface area contributed by atoms with Crippen LogP contribution in [0.2, 0.25) is 5.02 Å². The van der Waals surface area contributed by atoms with E-state index in [1.165, 1.54) is 0 Å². The molecule has 0 radical (unpaired) electrons. The summed E-state index contributed by atoms with van der Waals surface area (Å²) in [5.74, 6) is -0.164. The minimum atomic E-state index is -0.164. The maximum absolute atomic E-state index is 11.6. The first kappa shape index (κ1) is 12.2. The van der Waals surface area contributed by atoms with Crippen molar-refractivity contribution in [3.8, 4) is 0 Å². The third kappa shape index (κ3) is 2.90. The number of benzene rings is 1. The molecule has 3 N–H and O–H groups in total. The summed E-state index contributed by atoms with van der Waals surface area (Å²) in [5, 5.41) is 9.72. The van der Waals surface area contributed by atoms with Crippen LogP contribution in [-0.2, 0) is 0 Å². The van der Waals surface area contributed by atoms with Gasteiger partial charge in [-0.1, -0.05) is 11.6 Å². The monoisotopic (exact) mass is 253 g/mol. The van der Waals surface area contributed by atoms with E-state index in [9.17, 15) is 4.79 Å². The van der Waals surface area contributed by atoms with E-state index in [1.807, 2.05) is 6.07 Å². The van der Waals surface area contributed by atoms with E-state index in [2.05, 4.69) is 16.0 Å². The largest absolute Gasteiger partial charge is 0.381 e. The molecule has 0 bridgehead atoms. The molecule has 0 aliphatic carbocycles. The normalized spacial score (nSPS) is 19.1. The van der Waals surface area contributed by atoms with E-state index >= 15 is 0 Å². The highest BCUT2D eigenvalue weighted by molar-refractivity contribution is 6.34. The van der Waals surface area contributed by atoms with Crippen molar-refractivity contribution in [1.82, 2.24) is 10.6 Å². The number of nitrogens with one attached hydrogen (secondary N) is 3. The second kappa shape index (κ2) is 5.38. The van der Waals surface area contributed by atoms with Crippen molar-refractivity contribution >= 4 is 23.2 Å². The fourth-order valence-electron chi connectivity index (χ4n) is 1.94. The van der Waals surface area contributed by atoms with Crippen LogP contribution in [0.5, 0.6) is 0 Å². The van der Waals surface area contributed by atoms with Crippen LogP contribution < -0.4 is 16.0 Å². The first-order chi connectivity index (χ1) is 8.20. The van der Waals surface area contributed by atoms with Gasteiger partial charge < -0.3 is 16.0 Å². The quantitative estimate of drug-likeness (QED) is 0.765. The number of carbonyl (C=O) groups excluding carboxylic acids is 1. The molecule has 5 heteroatoms. The lowest BCUT2D eigenvalue weighted by molar-refractivity contribution is 0.0963. The Hall–Kier alpha value is -1.26. The maximum atomic E-state index is 11.6. The van der Waals surface area contributed by atoms with Gasteiger partial charge in [-0.2, -0.15) is 0 Å². The summed E-state index contributed by atoms with van der Waals surface area (Å²) in [6, 6.07) is 5.86. The Morgan fingerprint density at radius 3 is 3.00 bits per heavy atom. The highest BCUT2D eigenvalue weighted by Crippen LogP contribution is 2.21. The Bertz CT molecular complexity index is 416. The van der Waals surface area contributed by atoms with Gasteiger partial charge in [0.25, 0.3) is 5.91 Å². The number of amides is 1. The molecule has 0 saturated carbocycles. The van der Waals surface area contributed by atoms with Gasteiger partial charge in [0, 0.05) is 25.3 Å². The Morgan fingerprint density at radius 1 is 1.53 bits per heavy atom. The molecule has 1 saturated heterocycles. The summed E-state index contributed by atoms with van der Waals surface area (Å²) in [4.78, 5) is 11.6. The van der Waals surface area contributed by atoms with Crippen LogP contribution >= 0.6 is 11.6 Å². The number of halogens is 1. The lowest BCUT2D eigenvalue weighted by atomic mass is 10.1. The fraction of sp³-hybridized carbons (Fsp3) is 0.417. The second-order valence-electron chi connectivity index (χ2n) is 4.11. The van der Waals surface area contributed by atoms with Gasteiger partial charge in [0.1, 0.15) is 0 Å². The van der Waals surface area contributed by atoms with Crippen LogP contribution in [0.15, 0.2) is 18.2 Å². The van der Waals surface area contributed by atoms with Gasteiger partial charge >= 0.3 is 0 Å². The zero-order valence-corrected chi connectivity index (χ0v) is 10.5. The summed E-state index contributed by atoms with van der Waals surface area (Å²) in [6.45, 7) is 1.99. The first-order valence-corrected chi connectivity index (χ1v) is 6.07. The highest BCUT2D eigenvalue weighted by Gasteiger charge is 2.15. The Kier molecular flexibility index (Phi) is 3.86.